The van der Waals surface area contributed by atoms with E-state index in [9.17, 15) is 9.59 Å². The second-order valence-corrected chi connectivity index (χ2v) is 7.76. The Kier molecular flexibility index (Phi) is 7.66. The van der Waals surface area contributed by atoms with Crippen molar-refractivity contribution in [3.8, 4) is 17.1 Å². The number of carbonyl (C=O) groups excluding carboxylic acids is 2. The number of hydrogen-bond acceptors (Lipinski definition) is 7. The molecular weight excluding hydrogens is 430 g/mol. The van der Waals surface area contributed by atoms with E-state index in [0.29, 0.717) is 24.3 Å². The molecule has 0 aliphatic carbocycles. The predicted molar refractivity (Wildman–Crippen MR) is 122 cm³/mol. The maximum atomic E-state index is 13.0. The van der Waals surface area contributed by atoms with Crippen molar-refractivity contribution in [2.24, 2.45) is 0 Å². The Morgan fingerprint density at radius 3 is 2.47 bits per heavy atom. The first-order valence-electron chi connectivity index (χ1n) is 10.2. The first-order chi connectivity index (χ1) is 15.4. The molecule has 0 fully saturated rings. The molecule has 2 heterocycles. The molecule has 0 radical (unpaired) electrons. The molecule has 32 heavy (non-hydrogen) atoms. The summed E-state index contributed by atoms with van der Waals surface area (Å²) in [6.45, 7) is 6.70. The third-order valence-corrected chi connectivity index (χ3v) is 5.87. The van der Waals surface area contributed by atoms with Gasteiger partial charge in [0.1, 0.15) is 5.75 Å². The molecule has 1 aromatic carbocycles. The summed E-state index contributed by atoms with van der Waals surface area (Å²) in [7, 11) is 3.10. The number of aromatic nitrogens is 2. The molecule has 0 saturated heterocycles. The zero-order valence-corrected chi connectivity index (χ0v) is 19.7. The van der Waals surface area contributed by atoms with E-state index in [2.05, 4.69) is 4.98 Å². The summed E-state index contributed by atoms with van der Waals surface area (Å²) in [5.74, 6) is 0.0796. The van der Waals surface area contributed by atoms with Crippen molar-refractivity contribution in [1.29, 1.82) is 0 Å². The van der Waals surface area contributed by atoms with Gasteiger partial charge in [-0.3, -0.25) is 9.63 Å². The Morgan fingerprint density at radius 1 is 1.16 bits per heavy atom. The minimum atomic E-state index is -0.457. The van der Waals surface area contributed by atoms with Crippen LogP contribution in [0.3, 0.4) is 0 Å². The molecule has 3 rings (SSSR count). The average molecular weight is 458 g/mol. The van der Waals surface area contributed by atoms with E-state index in [0.717, 1.165) is 22.7 Å². The number of carbonyl (C=O) groups is 2. The van der Waals surface area contributed by atoms with Crippen molar-refractivity contribution in [2.45, 2.75) is 27.3 Å². The highest BCUT2D eigenvalue weighted by Gasteiger charge is 2.24. The number of amides is 1. The second-order valence-electron chi connectivity index (χ2n) is 6.90. The minimum absolute atomic E-state index is 0.233. The van der Waals surface area contributed by atoms with Crippen LogP contribution in [0.5, 0.6) is 5.75 Å². The fraction of sp³-hybridized carbons (Fsp3) is 0.348. The van der Waals surface area contributed by atoms with Gasteiger partial charge in [0, 0.05) is 24.2 Å². The summed E-state index contributed by atoms with van der Waals surface area (Å²) in [5.41, 5.74) is 3.67. The standard InChI is InChI=1S/C23H27N3O5S/c1-6-26(30-5)22(27)18-12-20(19-14-32-21(24-19)23(28)31-7-2)25(15(18)3)13-16-8-10-17(29-4)11-9-16/h8-12,14H,6-7,13H2,1-5H3. The molecule has 9 heteroatoms. The maximum Gasteiger partial charge on any atom is 0.367 e. The number of esters is 1. The Hall–Kier alpha value is -3.17. The Bertz CT molecular complexity index is 1080. The predicted octanol–water partition coefficient (Wildman–Crippen LogP) is 4.18. The highest BCUT2D eigenvalue weighted by Crippen LogP contribution is 2.29. The van der Waals surface area contributed by atoms with Crippen LogP contribution in [0.2, 0.25) is 0 Å². The first kappa shape index (κ1) is 23.5. The van der Waals surface area contributed by atoms with Crippen LogP contribution >= 0.6 is 11.3 Å². The molecule has 0 N–H and O–H groups in total. The Morgan fingerprint density at radius 2 is 1.88 bits per heavy atom. The third-order valence-electron chi connectivity index (χ3n) is 5.05. The molecule has 3 aromatic rings. The molecule has 170 valence electrons. The zero-order valence-electron chi connectivity index (χ0n) is 18.9. The molecule has 0 bridgehead atoms. The third kappa shape index (κ3) is 4.84. The van der Waals surface area contributed by atoms with Gasteiger partial charge in [0.05, 0.1) is 37.8 Å². The van der Waals surface area contributed by atoms with Crippen molar-refractivity contribution in [2.75, 3.05) is 27.4 Å². The molecule has 8 nitrogen and oxygen atoms in total. The minimum Gasteiger partial charge on any atom is -0.497 e. The van der Waals surface area contributed by atoms with Crippen LogP contribution < -0.4 is 4.74 Å². The van der Waals surface area contributed by atoms with Gasteiger partial charge in [0.15, 0.2) is 0 Å². The highest BCUT2D eigenvalue weighted by molar-refractivity contribution is 7.11. The van der Waals surface area contributed by atoms with Gasteiger partial charge in [-0.05, 0) is 44.5 Å². The van der Waals surface area contributed by atoms with Crippen LogP contribution in [-0.4, -0.2) is 53.9 Å². The van der Waals surface area contributed by atoms with Gasteiger partial charge in [-0.1, -0.05) is 12.1 Å². The fourth-order valence-electron chi connectivity index (χ4n) is 3.36. The lowest BCUT2D eigenvalue weighted by Crippen LogP contribution is -2.30. The lowest BCUT2D eigenvalue weighted by atomic mass is 10.2. The van der Waals surface area contributed by atoms with Crippen molar-refractivity contribution < 1.29 is 23.9 Å². The van der Waals surface area contributed by atoms with Crippen LogP contribution in [0.1, 0.15) is 45.3 Å². The molecule has 2 aromatic heterocycles. The summed E-state index contributed by atoms with van der Waals surface area (Å²) >= 11 is 1.22. The van der Waals surface area contributed by atoms with Crippen molar-refractivity contribution >= 4 is 23.2 Å². The highest BCUT2D eigenvalue weighted by atomic mass is 32.1. The SMILES string of the molecule is CCOC(=O)c1nc(-c2cc(C(=O)N(CC)OC)c(C)n2Cc2ccc(OC)cc2)cs1. The normalized spacial score (nSPS) is 10.8. The second kappa shape index (κ2) is 10.4. The molecule has 0 aliphatic rings. The molecule has 0 atom stereocenters. The summed E-state index contributed by atoms with van der Waals surface area (Å²) in [4.78, 5) is 34.8. The Labute approximate surface area is 191 Å². The number of methoxy groups -OCH3 is 1. The van der Waals surface area contributed by atoms with E-state index in [1.54, 1.807) is 25.5 Å². The zero-order chi connectivity index (χ0) is 23.3. The quantitative estimate of drug-likeness (QED) is 0.354. The summed E-state index contributed by atoms with van der Waals surface area (Å²) in [5, 5.41) is 3.37. The number of hydroxylamine groups is 2. The number of hydrogen-bond donors (Lipinski definition) is 0. The van der Waals surface area contributed by atoms with Crippen LogP contribution in [0.25, 0.3) is 11.4 Å². The van der Waals surface area contributed by atoms with Crippen molar-refractivity contribution in [3.63, 3.8) is 0 Å². The van der Waals surface area contributed by atoms with Gasteiger partial charge < -0.3 is 14.0 Å². The van der Waals surface area contributed by atoms with Crippen LogP contribution in [0, 0.1) is 6.92 Å². The van der Waals surface area contributed by atoms with E-state index < -0.39 is 5.97 Å². The molecule has 0 spiro atoms. The van der Waals surface area contributed by atoms with E-state index in [4.69, 9.17) is 14.3 Å². The summed E-state index contributed by atoms with van der Waals surface area (Å²) in [6.07, 6.45) is 0. The Balaban J connectivity index is 2.06. The van der Waals surface area contributed by atoms with Gasteiger partial charge in [-0.2, -0.15) is 0 Å². The van der Waals surface area contributed by atoms with Crippen molar-refractivity contribution in [1.82, 2.24) is 14.6 Å². The number of thiazole rings is 1. The number of ether oxygens (including phenoxy) is 2. The van der Waals surface area contributed by atoms with Crippen LogP contribution in [0.15, 0.2) is 35.7 Å². The van der Waals surface area contributed by atoms with E-state index in [1.807, 2.05) is 42.7 Å². The van der Waals surface area contributed by atoms with Gasteiger partial charge in [0.25, 0.3) is 5.91 Å². The maximum absolute atomic E-state index is 13.0. The molecular formula is C23H27N3O5S. The largest absolute Gasteiger partial charge is 0.497 e. The van der Waals surface area contributed by atoms with Crippen LogP contribution in [0.4, 0.5) is 0 Å². The summed E-state index contributed by atoms with van der Waals surface area (Å²) in [6, 6.07) is 9.54. The van der Waals surface area contributed by atoms with Crippen LogP contribution in [-0.2, 0) is 16.1 Å². The van der Waals surface area contributed by atoms with Gasteiger partial charge in [0.2, 0.25) is 5.01 Å². The van der Waals surface area contributed by atoms with Crippen molar-refractivity contribution in [3.05, 3.63) is 57.5 Å². The van der Waals surface area contributed by atoms with E-state index in [-0.39, 0.29) is 17.5 Å². The lowest BCUT2D eigenvalue weighted by molar-refractivity contribution is -0.0915. The molecule has 1 amide bonds. The monoisotopic (exact) mass is 457 g/mol. The molecule has 0 aliphatic heterocycles. The van der Waals surface area contributed by atoms with Gasteiger partial charge in [-0.25, -0.2) is 14.8 Å². The number of nitrogens with zero attached hydrogens (tertiary/aromatic N) is 3. The topological polar surface area (TPSA) is 82.9 Å². The smallest absolute Gasteiger partial charge is 0.367 e. The number of benzene rings is 1. The average Bonchev–Trinajstić information content (AvgIpc) is 3.41. The fourth-order valence-corrected chi connectivity index (χ4v) is 4.06. The molecule has 0 unspecified atom stereocenters. The lowest BCUT2D eigenvalue weighted by Gasteiger charge is -2.17. The summed E-state index contributed by atoms with van der Waals surface area (Å²) < 4.78 is 12.3. The number of rotatable bonds is 9. The van der Waals surface area contributed by atoms with Gasteiger partial charge in [-0.15, -0.1) is 11.3 Å². The first-order valence-corrected chi connectivity index (χ1v) is 11.1. The molecule has 0 saturated carbocycles. The van der Waals surface area contributed by atoms with E-state index in [1.165, 1.54) is 23.5 Å². The van der Waals surface area contributed by atoms with E-state index >= 15 is 0 Å². The van der Waals surface area contributed by atoms with Gasteiger partial charge >= 0.3 is 5.97 Å².